The minimum absolute atomic E-state index is 0.0498. The number of ether oxygens (including phenoxy) is 2. The number of methoxy groups -OCH3 is 2. The number of aromatic hydroxyl groups is 1. The number of halogens is 1. The Kier molecular flexibility index (Phi) is 7.18. The number of carbonyl (C=O) groups is 1. The molecule has 0 bridgehead atoms. The van der Waals surface area contributed by atoms with Crippen LogP contribution >= 0.6 is 11.6 Å². The maximum absolute atomic E-state index is 13.0. The van der Waals surface area contributed by atoms with Crippen LogP contribution in [0.15, 0.2) is 72.9 Å². The Morgan fingerprint density at radius 1 is 1.03 bits per heavy atom. The third kappa shape index (κ3) is 4.92. The molecule has 0 aliphatic carbocycles. The number of amides is 1. The summed E-state index contributed by atoms with van der Waals surface area (Å²) in [5.74, 6) is 0.885. The predicted molar refractivity (Wildman–Crippen MR) is 133 cm³/mol. The zero-order chi connectivity index (χ0) is 24.1. The maximum atomic E-state index is 13.0. The highest BCUT2D eigenvalue weighted by atomic mass is 35.5. The second-order valence-electron chi connectivity index (χ2n) is 7.79. The molecule has 174 valence electrons. The summed E-state index contributed by atoms with van der Waals surface area (Å²) in [5, 5.41) is 15.3. The van der Waals surface area contributed by atoms with E-state index in [0.29, 0.717) is 45.0 Å². The van der Waals surface area contributed by atoms with Gasteiger partial charge < -0.3 is 19.9 Å². The monoisotopic (exact) mass is 476 g/mol. The van der Waals surface area contributed by atoms with Crippen LogP contribution < -0.4 is 14.8 Å². The lowest BCUT2D eigenvalue weighted by Crippen LogP contribution is -2.30. The molecule has 4 rings (SSSR count). The Morgan fingerprint density at radius 3 is 2.56 bits per heavy atom. The van der Waals surface area contributed by atoms with Crippen molar-refractivity contribution in [3.05, 3.63) is 94.6 Å². The molecule has 1 amide bonds. The number of nitrogens with one attached hydrogen (secondary N) is 1. The highest BCUT2D eigenvalue weighted by Gasteiger charge is 2.26. The van der Waals surface area contributed by atoms with Gasteiger partial charge in [0, 0.05) is 35.2 Å². The van der Waals surface area contributed by atoms with E-state index in [9.17, 15) is 9.90 Å². The number of phenolic OH excluding ortho intramolecular Hbond substituents is 1. The number of aryl methyl sites for hydroxylation is 1. The van der Waals surface area contributed by atoms with Crippen LogP contribution in [0.25, 0.3) is 10.9 Å². The van der Waals surface area contributed by atoms with Crippen LogP contribution in [-0.4, -0.2) is 30.2 Å². The molecule has 34 heavy (non-hydrogen) atoms. The Morgan fingerprint density at radius 2 is 1.82 bits per heavy atom. The number of hydrogen-bond donors (Lipinski definition) is 2. The molecule has 0 saturated carbocycles. The molecule has 0 spiro atoms. The first-order chi connectivity index (χ1) is 16.5. The molecule has 7 heteroatoms. The lowest BCUT2D eigenvalue weighted by molar-refractivity contribution is -0.121. The van der Waals surface area contributed by atoms with E-state index in [1.54, 1.807) is 56.8 Å². The van der Waals surface area contributed by atoms with E-state index in [0.717, 1.165) is 5.56 Å². The number of hydrogen-bond acceptors (Lipinski definition) is 5. The summed E-state index contributed by atoms with van der Waals surface area (Å²) in [6, 6.07) is 19.6. The number of benzene rings is 3. The fourth-order valence-electron chi connectivity index (χ4n) is 3.94. The van der Waals surface area contributed by atoms with Crippen LogP contribution in [-0.2, 0) is 11.2 Å². The van der Waals surface area contributed by atoms with Gasteiger partial charge in [0.25, 0.3) is 0 Å². The average Bonchev–Trinajstić information content (AvgIpc) is 2.88. The number of rotatable bonds is 8. The first kappa shape index (κ1) is 23.4. The molecule has 0 aliphatic rings. The minimum Gasteiger partial charge on any atom is -0.505 e. The molecule has 0 radical (unpaired) electrons. The summed E-state index contributed by atoms with van der Waals surface area (Å²) in [5.41, 5.74) is 2.50. The van der Waals surface area contributed by atoms with Crippen LogP contribution in [0, 0.1) is 0 Å². The summed E-state index contributed by atoms with van der Waals surface area (Å²) >= 11 is 6.55. The molecule has 0 saturated heterocycles. The van der Waals surface area contributed by atoms with Gasteiger partial charge in [-0.05, 0) is 42.3 Å². The minimum atomic E-state index is -0.729. The SMILES string of the molecule is COc1ccc(C(NC(=O)CCc2ccccc2)c2cc(Cl)c3cccnc3c2O)c(OC)c1. The van der Waals surface area contributed by atoms with Crippen molar-refractivity contribution in [1.29, 1.82) is 0 Å². The Balaban J connectivity index is 1.75. The molecule has 1 atom stereocenters. The number of nitrogens with zero attached hydrogens (tertiary/aromatic N) is 1. The smallest absolute Gasteiger partial charge is 0.221 e. The Hall–Kier alpha value is -3.77. The molecule has 1 unspecified atom stereocenters. The highest BCUT2D eigenvalue weighted by molar-refractivity contribution is 6.35. The van der Waals surface area contributed by atoms with E-state index in [1.165, 1.54) is 0 Å². The van der Waals surface area contributed by atoms with Crippen molar-refractivity contribution in [3.63, 3.8) is 0 Å². The van der Waals surface area contributed by atoms with Gasteiger partial charge >= 0.3 is 0 Å². The van der Waals surface area contributed by atoms with Gasteiger partial charge in [-0.3, -0.25) is 9.78 Å². The first-order valence-corrected chi connectivity index (χ1v) is 11.2. The van der Waals surface area contributed by atoms with E-state index in [2.05, 4.69) is 10.3 Å². The summed E-state index contributed by atoms with van der Waals surface area (Å²) in [7, 11) is 3.11. The van der Waals surface area contributed by atoms with E-state index in [4.69, 9.17) is 21.1 Å². The lowest BCUT2D eigenvalue weighted by atomic mass is 9.95. The number of aromatic nitrogens is 1. The summed E-state index contributed by atoms with van der Waals surface area (Å²) < 4.78 is 10.9. The van der Waals surface area contributed by atoms with Crippen LogP contribution in [0.3, 0.4) is 0 Å². The number of fused-ring (bicyclic) bond motifs is 1. The topological polar surface area (TPSA) is 80.7 Å². The van der Waals surface area contributed by atoms with Crippen LogP contribution in [0.2, 0.25) is 5.02 Å². The molecule has 6 nitrogen and oxygen atoms in total. The zero-order valence-electron chi connectivity index (χ0n) is 18.9. The van der Waals surface area contributed by atoms with Crippen LogP contribution in [0.1, 0.15) is 29.2 Å². The third-order valence-electron chi connectivity index (χ3n) is 5.70. The first-order valence-electron chi connectivity index (χ1n) is 10.8. The van der Waals surface area contributed by atoms with Crippen molar-refractivity contribution >= 4 is 28.4 Å². The normalized spacial score (nSPS) is 11.7. The van der Waals surface area contributed by atoms with Gasteiger partial charge in [-0.15, -0.1) is 0 Å². The van der Waals surface area contributed by atoms with Gasteiger partial charge in [0.2, 0.25) is 5.91 Å². The highest BCUT2D eigenvalue weighted by Crippen LogP contribution is 2.41. The van der Waals surface area contributed by atoms with E-state index >= 15 is 0 Å². The third-order valence-corrected chi connectivity index (χ3v) is 6.01. The van der Waals surface area contributed by atoms with Crippen molar-refractivity contribution < 1.29 is 19.4 Å². The molecule has 0 aliphatic heterocycles. The van der Waals surface area contributed by atoms with E-state index < -0.39 is 6.04 Å². The predicted octanol–water partition coefficient (Wildman–Crippen LogP) is 5.45. The van der Waals surface area contributed by atoms with Gasteiger partial charge in [0.05, 0.1) is 25.3 Å². The molecule has 1 aromatic heterocycles. The fourth-order valence-corrected chi connectivity index (χ4v) is 4.21. The van der Waals surface area contributed by atoms with Crippen LogP contribution in [0.5, 0.6) is 17.2 Å². The quantitative estimate of drug-likeness (QED) is 0.353. The molecule has 4 aromatic rings. The van der Waals surface area contributed by atoms with E-state index in [-0.39, 0.29) is 18.1 Å². The van der Waals surface area contributed by atoms with Gasteiger partial charge in [0.1, 0.15) is 22.8 Å². The van der Waals surface area contributed by atoms with Crippen molar-refractivity contribution in [1.82, 2.24) is 10.3 Å². The number of phenols is 1. The van der Waals surface area contributed by atoms with E-state index in [1.807, 2.05) is 30.3 Å². The van der Waals surface area contributed by atoms with Gasteiger partial charge in [0.15, 0.2) is 0 Å². The van der Waals surface area contributed by atoms with Gasteiger partial charge in [-0.25, -0.2) is 0 Å². The van der Waals surface area contributed by atoms with Crippen molar-refractivity contribution in [2.75, 3.05) is 14.2 Å². The molecule has 2 N–H and O–H groups in total. The summed E-state index contributed by atoms with van der Waals surface area (Å²) in [6.07, 6.45) is 2.45. The van der Waals surface area contributed by atoms with Crippen molar-refractivity contribution in [2.24, 2.45) is 0 Å². The molecule has 1 heterocycles. The second kappa shape index (κ2) is 10.4. The van der Waals surface area contributed by atoms with Crippen molar-refractivity contribution in [2.45, 2.75) is 18.9 Å². The van der Waals surface area contributed by atoms with Crippen molar-refractivity contribution in [3.8, 4) is 17.2 Å². The summed E-state index contributed by atoms with van der Waals surface area (Å²) in [6.45, 7) is 0. The largest absolute Gasteiger partial charge is 0.505 e. The molecular weight excluding hydrogens is 452 g/mol. The Labute approximate surface area is 203 Å². The molecular formula is C27H25ClN2O4. The van der Waals surface area contributed by atoms with Gasteiger partial charge in [-0.1, -0.05) is 41.9 Å². The van der Waals surface area contributed by atoms with Gasteiger partial charge in [-0.2, -0.15) is 0 Å². The maximum Gasteiger partial charge on any atom is 0.221 e. The zero-order valence-corrected chi connectivity index (χ0v) is 19.7. The Bertz CT molecular complexity index is 1310. The fraction of sp³-hybridized carbons (Fsp3) is 0.185. The number of pyridine rings is 1. The lowest BCUT2D eigenvalue weighted by Gasteiger charge is -2.24. The molecule has 0 fully saturated rings. The number of carbonyl (C=O) groups excluding carboxylic acids is 1. The van der Waals surface area contributed by atoms with Crippen LogP contribution in [0.4, 0.5) is 0 Å². The standard InChI is InChI=1S/C27H25ClN2O4/c1-33-18-11-12-20(23(15-18)34-2)25(30-24(31)13-10-17-7-4-3-5-8-17)21-16-22(28)19-9-6-14-29-26(19)27(21)32/h3-9,11-12,14-16,25,32H,10,13H2,1-2H3,(H,30,31). The molecule has 3 aromatic carbocycles. The summed E-state index contributed by atoms with van der Waals surface area (Å²) in [4.78, 5) is 17.4. The second-order valence-corrected chi connectivity index (χ2v) is 8.20. The average molecular weight is 477 g/mol.